The molecular weight excluding hydrogens is 302 g/mol. The number of rotatable bonds is 5. The van der Waals surface area contributed by atoms with E-state index in [1.165, 1.54) is 17.6 Å². The molecule has 0 amide bonds. The van der Waals surface area contributed by atoms with Crippen LogP contribution in [0.15, 0.2) is 18.5 Å². The van der Waals surface area contributed by atoms with Crippen LogP contribution < -0.4 is 5.73 Å². The number of anilines is 1. The van der Waals surface area contributed by atoms with E-state index in [9.17, 15) is 0 Å². The zero-order valence-electron chi connectivity index (χ0n) is 14.6. The zero-order valence-corrected chi connectivity index (χ0v) is 14.6. The lowest BCUT2D eigenvalue weighted by Crippen LogP contribution is -2.35. The normalized spacial score (nSPS) is 17.7. The van der Waals surface area contributed by atoms with Gasteiger partial charge in [-0.15, -0.1) is 0 Å². The number of nitrogens with two attached hydrogens (primary N) is 1. The molecule has 0 aliphatic carbocycles. The molecule has 3 heterocycles. The third kappa shape index (κ3) is 3.03. The number of hydrogen-bond donors (Lipinski definition) is 2. The average Bonchev–Trinajstić information content (AvgIpc) is 2.98. The molecule has 2 aromatic heterocycles. The third-order valence-corrected chi connectivity index (χ3v) is 5.11. The Kier molecular flexibility index (Phi) is 5.16. The second-order valence-corrected chi connectivity index (χ2v) is 6.40. The van der Waals surface area contributed by atoms with Gasteiger partial charge in [-0.1, -0.05) is 13.0 Å². The van der Waals surface area contributed by atoms with E-state index in [-0.39, 0.29) is 6.61 Å². The predicted octanol–water partition coefficient (Wildman–Crippen LogP) is 2.30. The van der Waals surface area contributed by atoms with E-state index in [0.29, 0.717) is 11.7 Å². The zero-order chi connectivity index (χ0) is 17.1. The van der Waals surface area contributed by atoms with Crippen LogP contribution in [-0.4, -0.2) is 50.8 Å². The minimum atomic E-state index is 0.230. The number of piperidine rings is 1. The van der Waals surface area contributed by atoms with Gasteiger partial charge < -0.3 is 15.7 Å². The number of β-amino-alcohol motifs (C(OH)–C–C–N with tert-alkyl or cyclic N) is 1. The summed E-state index contributed by atoms with van der Waals surface area (Å²) in [4.78, 5) is 6.52. The Hall–Kier alpha value is -1.92. The molecule has 1 fully saturated rings. The summed E-state index contributed by atoms with van der Waals surface area (Å²) in [7, 11) is 0. The molecule has 0 bridgehead atoms. The summed E-state index contributed by atoms with van der Waals surface area (Å²) in [5.41, 5.74) is 10.8. The Morgan fingerprint density at radius 2 is 2.17 bits per heavy atom. The van der Waals surface area contributed by atoms with Crippen LogP contribution in [0.5, 0.6) is 0 Å². The van der Waals surface area contributed by atoms with Gasteiger partial charge in [-0.2, -0.15) is 5.10 Å². The van der Waals surface area contributed by atoms with Crippen molar-refractivity contribution in [3.8, 4) is 0 Å². The maximum absolute atomic E-state index is 9.11. The van der Waals surface area contributed by atoms with Crippen LogP contribution in [0.4, 0.5) is 5.82 Å². The average molecular weight is 329 g/mol. The fraction of sp³-hybridized carbons (Fsp3) is 0.556. The molecular formula is C18H27N5O. The van der Waals surface area contributed by atoms with Gasteiger partial charge in [0.25, 0.3) is 0 Å². The van der Waals surface area contributed by atoms with Crippen molar-refractivity contribution in [2.24, 2.45) is 0 Å². The van der Waals surface area contributed by atoms with Crippen molar-refractivity contribution in [1.82, 2.24) is 19.5 Å². The standard InChI is InChI=1S/C18H27N5O/c1-3-13(4-2)15-11-16(23-17(15)18(19)20-12-21-23)14-5-7-22(8-6-14)9-10-24/h3,11-12,14,24H,4-10H2,1-2H3,(H2,19,20,21)/b13-3+. The monoisotopic (exact) mass is 329 g/mol. The largest absolute Gasteiger partial charge is 0.395 e. The first-order chi connectivity index (χ1) is 11.7. The lowest BCUT2D eigenvalue weighted by molar-refractivity contribution is 0.163. The van der Waals surface area contributed by atoms with Crippen LogP contribution in [-0.2, 0) is 0 Å². The highest BCUT2D eigenvalue weighted by Gasteiger charge is 2.25. The molecule has 1 saturated heterocycles. The molecule has 3 rings (SSSR count). The highest BCUT2D eigenvalue weighted by Crippen LogP contribution is 2.35. The van der Waals surface area contributed by atoms with Gasteiger partial charge >= 0.3 is 0 Å². The molecule has 0 unspecified atom stereocenters. The molecule has 0 spiro atoms. The Balaban J connectivity index is 1.99. The predicted molar refractivity (Wildman–Crippen MR) is 96.8 cm³/mol. The Morgan fingerprint density at radius 1 is 1.42 bits per heavy atom. The molecule has 3 N–H and O–H groups in total. The van der Waals surface area contributed by atoms with Crippen molar-refractivity contribution in [3.63, 3.8) is 0 Å². The fourth-order valence-corrected chi connectivity index (χ4v) is 3.77. The Morgan fingerprint density at radius 3 is 2.79 bits per heavy atom. The molecule has 24 heavy (non-hydrogen) atoms. The number of aliphatic hydroxyl groups is 1. The van der Waals surface area contributed by atoms with Gasteiger partial charge in [-0.3, -0.25) is 0 Å². The second-order valence-electron chi connectivity index (χ2n) is 6.40. The highest BCUT2D eigenvalue weighted by molar-refractivity contribution is 5.85. The second kappa shape index (κ2) is 7.32. The summed E-state index contributed by atoms with van der Waals surface area (Å²) in [5, 5.41) is 13.6. The van der Waals surface area contributed by atoms with E-state index in [1.807, 2.05) is 4.52 Å². The van der Waals surface area contributed by atoms with Gasteiger partial charge in [0, 0.05) is 23.7 Å². The molecule has 0 saturated carbocycles. The van der Waals surface area contributed by atoms with Gasteiger partial charge in [0.05, 0.1) is 6.61 Å². The van der Waals surface area contributed by atoms with Crippen LogP contribution in [0.25, 0.3) is 11.1 Å². The minimum Gasteiger partial charge on any atom is -0.395 e. The van der Waals surface area contributed by atoms with E-state index in [2.05, 4.69) is 41.0 Å². The molecule has 0 atom stereocenters. The molecule has 6 nitrogen and oxygen atoms in total. The van der Waals surface area contributed by atoms with Crippen molar-refractivity contribution in [2.45, 2.75) is 39.0 Å². The summed E-state index contributed by atoms with van der Waals surface area (Å²) in [6, 6.07) is 2.26. The summed E-state index contributed by atoms with van der Waals surface area (Å²) < 4.78 is 1.99. The number of fused-ring (bicyclic) bond motifs is 1. The van der Waals surface area contributed by atoms with Gasteiger partial charge in [-0.05, 0) is 50.9 Å². The number of aliphatic hydroxyl groups excluding tert-OH is 1. The molecule has 1 aliphatic rings. The smallest absolute Gasteiger partial charge is 0.151 e. The van der Waals surface area contributed by atoms with Crippen molar-refractivity contribution in [1.29, 1.82) is 0 Å². The number of nitrogens with zero attached hydrogens (tertiary/aromatic N) is 4. The molecule has 0 radical (unpaired) electrons. The Labute approximate surface area is 143 Å². The lowest BCUT2D eigenvalue weighted by Gasteiger charge is -2.31. The molecule has 130 valence electrons. The van der Waals surface area contributed by atoms with Crippen molar-refractivity contribution < 1.29 is 5.11 Å². The van der Waals surface area contributed by atoms with E-state index in [0.717, 1.165) is 50.0 Å². The fourth-order valence-electron chi connectivity index (χ4n) is 3.77. The maximum Gasteiger partial charge on any atom is 0.151 e. The number of nitrogen functional groups attached to an aromatic ring is 1. The van der Waals surface area contributed by atoms with E-state index >= 15 is 0 Å². The third-order valence-electron chi connectivity index (χ3n) is 5.11. The van der Waals surface area contributed by atoms with E-state index < -0.39 is 0 Å². The summed E-state index contributed by atoms with van der Waals surface area (Å²) >= 11 is 0. The summed E-state index contributed by atoms with van der Waals surface area (Å²) in [6.07, 6.45) is 6.80. The number of aromatic nitrogens is 3. The van der Waals surface area contributed by atoms with E-state index in [4.69, 9.17) is 10.8 Å². The minimum absolute atomic E-state index is 0.230. The van der Waals surface area contributed by atoms with E-state index in [1.54, 1.807) is 0 Å². The Bertz CT molecular complexity index is 728. The first-order valence-corrected chi connectivity index (χ1v) is 8.80. The van der Waals surface area contributed by atoms with Gasteiger partial charge in [0.15, 0.2) is 5.82 Å². The van der Waals surface area contributed by atoms with Crippen molar-refractivity contribution in [3.05, 3.63) is 29.7 Å². The van der Waals surface area contributed by atoms with Gasteiger partial charge in [0.2, 0.25) is 0 Å². The maximum atomic E-state index is 9.11. The quantitative estimate of drug-likeness (QED) is 0.880. The SMILES string of the molecule is C/C=C(\CC)c1cc(C2CCN(CCO)CC2)n2ncnc(N)c12. The van der Waals surface area contributed by atoms with Gasteiger partial charge in [0.1, 0.15) is 11.8 Å². The molecule has 1 aliphatic heterocycles. The van der Waals surface area contributed by atoms with Crippen LogP contribution in [0.2, 0.25) is 0 Å². The van der Waals surface area contributed by atoms with Crippen molar-refractivity contribution in [2.75, 3.05) is 32.0 Å². The lowest BCUT2D eigenvalue weighted by atomic mass is 9.93. The van der Waals surface area contributed by atoms with Crippen molar-refractivity contribution >= 4 is 16.9 Å². The summed E-state index contributed by atoms with van der Waals surface area (Å²) in [5.74, 6) is 1.00. The molecule has 6 heteroatoms. The number of likely N-dealkylation sites (tertiary alicyclic amines) is 1. The highest BCUT2D eigenvalue weighted by atomic mass is 16.3. The van der Waals surface area contributed by atoms with Crippen LogP contribution in [0.1, 0.15) is 50.3 Å². The molecule has 2 aromatic rings. The number of hydrogen-bond acceptors (Lipinski definition) is 5. The van der Waals surface area contributed by atoms with Crippen LogP contribution in [0, 0.1) is 0 Å². The van der Waals surface area contributed by atoms with Crippen LogP contribution in [0.3, 0.4) is 0 Å². The molecule has 0 aromatic carbocycles. The first kappa shape index (κ1) is 16.9. The topological polar surface area (TPSA) is 79.7 Å². The van der Waals surface area contributed by atoms with Crippen LogP contribution >= 0.6 is 0 Å². The van der Waals surface area contributed by atoms with Gasteiger partial charge in [-0.25, -0.2) is 9.50 Å². The first-order valence-electron chi connectivity index (χ1n) is 8.80. The number of allylic oxidation sites excluding steroid dienone is 2. The summed E-state index contributed by atoms with van der Waals surface area (Å²) in [6.45, 7) is 7.24.